The average Bonchev–Trinajstić information content (AvgIpc) is 2.82. The Hall–Kier alpha value is -1.20. The van der Waals surface area contributed by atoms with Gasteiger partial charge >= 0.3 is 0 Å². The van der Waals surface area contributed by atoms with E-state index < -0.39 is 0 Å². The first-order chi connectivity index (χ1) is 8.79. The zero-order valence-electron chi connectivity index (χ0n) is 10.8. The van der Waals surface area contributed by atoms with Gasteiger partial charge in [-0.25, -0.2) is 9.97 Å². The second-order valence-electron chi connectivity index (χ2n) is 4.73. The Balaban J connectivity index is 2.07. The van der Waals surface area contributed by atoms with Gasteiger partial charge in [0.25, 0.3) is 0 Å². The van der Waals surface area contributed by atoms with Gasteiger partial charge in [0.05, 0.1) is 5.39 Å². The molecule has 0 amide bonds. The minimum atomic E-state index is 0.488. The zero-order chi connectivity index (χ0) is 12.5. The Labute approximate surface area is 111 Å². The van der Waals surface area contributed by atoms with Crippen LogP contribution in [0.1, 0.15) is 18.7 Å². The topological polar surface area (TPSA) is 41.0 Å². The summed E-state index contributed by atoms with van der Waals surface area (Å²) in [7, 11) is 0. The van der Waals surface area contributed by atoms with Gasteiger partial charge in [-0.05, 0) is 19.4 Å². The molecule has 2 aromatic rings. The first-order valence-electron chi connectivity index (χ1n) is 6.50. The predicted molar refractivity (Wildman–Crippen MR) is 76.5 cm³/mol. The minimum Gasteiger partial charge on any atom is -0.351 e. The number of fused-ring (bicyclic) bond motifs is 1. The third-order valence-corrected chi connectivity index (χ3v) is 4.67. The van der Waals surface area contributed by atoms with Crippen LogP contribution in [0.25, 0.3) is 10.2 Å². The molecule has 3 heterocycles. The third kappa shape index (κ3) is 1.97. The highest BCUT2D eigenvalue weighted by molar-refractivity contribution is 7.18. The molecule has 0 aromatic carbocycles. The Morgan fingerprint density at radius 1 is 1.50 bits per heavy atom. The summed E-state index contributed by atoms with van der Waals surface area (Å²) in [5, 5.41) is 4.63. The van der Waals surface area contributed by atoms with Crippen LogP contribution < -0.4 is 10.2 Å². The maximum atomic E-state index is 4.52. The number of hydrogen-bond acceptors (Lipinski definition) is 5. The summed E-state index contributed by atoms with van der Waals surface area (Å²) < 4.78 is 0. The van der Waals surface area contributed by atoms with Crippen LogP contribution in [0.2, 0.25) is 0 Å². The standard InChI is InChI=1S/C13H18N4S/c1-3-10-6-11-12(15-8-16-13(11)18-10)17-5-4-14-7-9(17)2/h6,8-9,14H,3-5,7H2,1-2H3/t9-/m1/s1. The molecule has 0 aliphatic carbocycles. The van der Waals surface area contributed by atoms with E-state index in [1.54, 1.807) is 17.7 Å². The van der Waals surface area contributed by atoms with E-state index in [9.17, 15) is 0 Å². The van der Waals surface area contributed by atoms with Crippen molar-refractivity contribution >= 4 is 27.4 Å². The van der Waals surface area contributed by atoms with Crippen molar-refractivity contribution in [3.63, 3.8) is 0 Å². The fraction of sp³-hybridized carbons (Fsp3) is 0.538. The van der Waals surface area contributed by atoms with Gasteiger partial charge in [-0.15, -0.1) is 11.3 Å². The molecule has 4 nitrogen and oxygen atoms in total. The average molecular weight is 262 g/mol. The van der Waals surface area contributed by atoms with Gasteiger partial charge in [0.2, 0.25) is 0 Å². The normalized spacial score (nSPS) is 20.6. The van der Waals surface area contributed by atoms with Crippen molar-refractivity contribution < 1.29 is 0 Å². The number of aryl methyl sites for hydroxylation is 1. The molecule has 1 atom stereocenters. The van der Waals surface area contributed by atoms with Gasteiger partial charge in [-0.2, -0.15) is 0 Å². The van der Waals surface area contributed by atoms with Gasteiger partial charge in [0.15, 0.2) is 0 Å². The number of anilines is 1. The van der Waals surface area contributed by atoms with Gasteiger partial charge in [-0.3, -0.25) is 0 Å². The van der Waals surface area contributed by atoms with Crippen molar-refractivity contribution in [2.45, 2.75) is 26.3 Å². The number of nitrogens with zero attached hydrogens (tertiary/aromatic N) is 3. The maximum absolute atomic E-state index is 4.52. The summed E-state index contributed by atoms with van der Waals surface area (Å²) in [6.07, 6.45) is 2.76. The van der Waals surface area contributed by atoms with Gasteiger partial charge < -0.3 is 10.2 Å². The van der Waals surface area contributed by atoms with E-state index in [1.807, 2.05) is 0 Å². The summed E-state index contributed by atoms with van der Waals surface area (Å²) >= 11 is 1.78. The smallest absolute Gasteiger partial charge is 0.141 e. The third-order valence-electron chi connectivity index (χ3n) is 3.48. The molecule has 0 saturated carbocycles. The predicted octanol–water partition coefficient (Wildman–Crippen LogP) is 2.05. The lowest BCUT2D eigenvalue weighted by atomic mass is 10.2. The lowest BCUT2D eigenvalue weighted by molar-refractivity contribution is 0.498. The fourth-order valence-corrected chi connectivity index (χ4v) is 3.38. The molecule has 5 heteroatoms. The summed E-state index contributed by atoms with van der Waals surface area (Å²) in [6, 6.07) is 2.74. The molecule has 1 fully saturated rings. The number of piperazine rings is 1. The molecule has 1 saturated heterocycles. The Bertz CT molecular complexity index is 551. The first-order valence-corrected chi connectivity index (χ1v) is 7.32. The van der Waals surface area contributed by atoms with E-state index in [-0.39, 0.29) is 0 Å². The van der Waals surface area contributed by atoms with Crippen LogP contribution in [0, 0.1) is 0 Å². The van der Waals surface area contributed by atoms with Gasteiger partial charge in [0.1, 0.15) is 17.0 Å². The molecule has 0 bridgehead atoms. The summed E-state index contributed by atoms with van der Waals surface area (Å²) in [5.74, 6) is 1.10. The number of hydrogen-bond donors (Lipinski definition) is 1. The number of aromatic nitrogens is 2. The van der Waals surface area contributed by atoms with Crippen LogP contribution in [-0.2, 0) is 6.42 Å². The van der Waals surface area contributed by atoms with E-state index in [1.165, 1.54) is 10.3 Å². The molecule has 0 spiro atoms. The van der Waals surface area contributed by atoms with E-state index in [2.05, 4.69) is 40.1 Å². The molecule has 1 aliphatic heterocycles. The first kappa shape index (κ1) is 11.9. The van der Waals surface area contributed by atoms with Crippen molar-refractivity contribution in [1.82, 2.24) is 15.3 Å². The molecule has 1 N–H and O–H groups in total. The monoisotopic (exact) mass is 262 g/mol. The highest BCUT2D eigenvalue weighted by atomic mass is 32.1. The highest BCUT2D eigenvalue weighted by Gasteiger charge is 2.22. The molecule has 0 unspecified atom stereocenters. The quantitative estimate of drug-likeness (QED) is 0.899. The van der Waals surface area contributed by atoms with Crippen molar-refractivity contribution in [2.75, 3.05) is 24.5 Å². The zero-order valence-corrected chi connectivity index (χ0v) is 11.6. The van der Waals surface area contributed by atoms with Crippen molar-refractivity contribution in [3.05, 3.63) is 17.3 Å². The van der Waals surface area contributed by atoms with Crippen LogP contribution in [0.4, 0.5) is 5.82 Å². The molecule has 96 valence electrons. The molecule has 1 aliphatic rings. The molecule has 2 aromatic heterocycles. The van der Waals surface area contributed by atoms with Crippen LogP contribution in [0.5, 0.6) is 0 Å². The Morgan fingerprint density at radius 2 is 2.39 bits per heavy atom. The highest BCUT2D eigenvalue weighted by Crippen LogP contribution is 2.31. The van der Waals surface area contributed by atoms with Crippen molar-refractivity contribution in [1.29, 1.82) is 0 Å². The molecule has 0 radical (unpaired) electrons. The lowest BCUT2D eigenvalue weighted by Crippen LogP contribution is -2.50. The molecular weight excluding hydrogens is 244 g/mol. The molecular formula is C13H18N4S. The number of nitrogens with one attached hydrogen (secondary N) is 1. The van der Waals surface area contributed by atoms with Gasteiger partial charge in [0, 0.05) is 30.6 Å². The fourth-order valence-electron chi connectivity index (χ4n) is 2.45. The van der Waals surface area contributed by atoms with E-state index in [0.29, 0.717) is 6.04 Å². The van der Waals surface area contributed by atoms with Crippen LogP contribution >= 0.6 is 11.3 Å². The second-order valence-corrected chi connectivity index (χ2v) is 5.84. The number of rotatable bonds is 2. The van der Waals surface area contributed by atoms with Gasteiger partial charge in [-0.1, -0.05) is 6.92 Å². The minimum absolute atomic E-state index is 0.488. The van der Waals surface area contributed by atoms with E-state index in [0.717, 1.165) is 36.7 Å². The van der Waals surface area contributed by atoms with Crippen molar-refractivity contribution in [2.24, 2.45) is 0 Å². The molecule has 3 rings (SSSR count). The Kier molecular flexibility index (Phi) is 3.18. The maximum Gasteiger partial charge on any atom is 0.141 e. The largest absolute Gasteiger partial charge is 0.351 e. The summed E-state index contributed by atoms with van der Waals surface area (Å²) in [6.45, 7) is 7.50. The summed E-state index contributed by atoms with van der Waals surface area (Å²) in [5.41, 5.74) is 0. The van der Waals surface area contributed by atoms with E-state index >= 15 is 0 Å². The van der Waals surface area contributed by atoms with Crippen LogP contribution in [0.3, 0.4) is 0 Å². The SMILES string of the molecule is CCc1cc2c(N3CCNC[C@H]3C)ncnc2s1. The Morgan fingerprint density at radius 3 is 3.17 bits per heavy atom. The van der Waals surface area contributed by atoms with Crippen LogP contribution in [0.15, 0.2) is 12.4 Å². The molecule has 18 heavy (non-hydrogen) atoms. The number of thiophene rings is 1. The second kappa shape index (κ2) is 4.82. The van der Waals surface area contributed by atoms with Crippen LogP contribution in [-0.4, -0.2) is 35.6 Å². The lowest BCUT2D eigenvalue weighted by Gasteiger charge is -2.35. The van der Waals surface area contributed by atoms with E-state index in [4.69, 9.17) is 0 Å². The summed E-state index contributed by atoms with van der Waals surface area (Å²) in [4.78, 5) is 13.8. The van der Waals surface area contributed by atoms with Crippen molar-refractivity contribution in [3.8, 4) is 0 Å².